The van der Waals surface area contributed by atoms with E-state index in [-0.39, 0.29) is 12.5 Å². The van der Waals surface area contributed by atoms with E-state index in [9.17, 15) is 4.79 Å². The first-order valence-corrected chi connectivity index (χ1v) is 6.55. The number of nitrogens with two attached hydrogens (primary N) is 1. The topological polar surface area (TPSA) is 75.8 Å². The first-order chi connectivity index (χ1) is 9.12. The summed E-state index contributed by atoms with van der Waals surface area (Å²) in [6.07, 6.45) is 0.840. The van der Waals surface area contributed by atoms with Crippen LogP contribution in [-0.2, 0) is 0 Å². The van der Waals surface area contributed by atoms with Crippen LogP contribution in [0.2, 0.25) is 0 Å². The number of hydrogen-bond donors (Lipinski definition) is 2. The molecule has 0 bridgehead atoms. The number of carbonyl (C=O) groups excluding carboxylic acids is 1. The normalized spacial score (nSPS) is 10.3. The number of anilines is 1. The molecule has 0 atom stereocenters. The maximum Gasteiger partial charge on any atom is 0.254 e. The van der Waals surface area contributed by atoms with Gasteiger partial charge in [-0.05, 0) is 25.5 Å². The third-order valence-electron chi connectivity index (χ3n) is 2.64. The molecule has 0 heterocycles. The Morgan fingerprint density at radius 3 is 2.63 bits per heavy atom. The molecule has 0 aliphatic carbocycles. The minimum Gasteiger partial charge on any atom is -0.494 e. The van der Waals surface area contributed by atoms with Gasteiger partial charge in [0.25, 0.3) is 5.91 Å². The van der Waals surface area contributed by atoms with Crippen molar-refractivity contribution in [2.75, 3.05) is 32.0 Å². The Morgan fingerprint density at radius 2 is 2.05 bits per heavy atom. The number of rotatable bonds is 7. The molecule has 19 heavy (non-hydrogen) atoms. The Bertz CT molecular complexity index is 415. The summed E-state index contributed by atoms with van der Waals surface area (Å²) >= 11 is 0. The summed E-state index contributed by atoms with van der Waals surface area (Å²) in [7, 11) is 0. The predicted octanol–water partition coefficient (Wildman–Crippen LogP) is 1.51. The molecule has 0 radical (unpaired) electrons. The minimum atomic E-state index is -0.135. The molecule has 5 nitrogen and oxygen atoms in total. The number of aliphatic hydroxyl groups is 1. The maximum atomic E-state index is 12.3. The highest BCUT2D eigenvalue weighted by atomic mass is 16.5. The summed E-state index contributed by atoms with van der Waals surface area (Å²) < 4.78 is 5.38. The van der Waals surface area contributed by atoms with Crippen molar-refractivity contribution in [1.82, 2.24) is 4.90 Å². The number of nitrogen functional groups attached to an aromatic ring is 1. The predicted molar refractivity (Wildman–Crippen MR) is 75.3 cm³/mol. The van der Waals surface area contributed by atoms with Gasteiger partial charge in [-0.25, -0.2) is 0 Å². The lowest BCUT2D eigenvalue weighted by Gasteiger charge is -2.21. The van der Waals surface area contributed by atoms with Gasteiger partial charge in [0.2, 0.25) is 0 Å². The molecule has 0 unspecified atom stereocenters. The van der Waals surface area contributed by atoms with Crippen LogP contribution in [0.15, 0.2) is 18.2 Å². The number of hydrogen-bond acceptors (Lipinski definition) is 4. The molecule has 0 fully saturated rings. The highest BCUT2D eigenvalue weighted by Crippen LogP contribution is 2.20. The van der Waals surface area contributed by atoms with Crippen molar-refractivity contribution in [3.8, 4) is 5.75 Å². The molecule has 1 aromatic rings. The first-order valence-electron chi connectivity index (χ1n) is 6.55. The Labute approximate surface area is 114 Å². The van der Waals surface area contributed by atoms with E-state index in [2.05, 4.69) is 0 Å². The molecule has 0 aliphatic heterocycles. The molecule has 0 saturated heterocycles. The number of ether oxygens (including phenoxy) is 1. The number of carbonyl (C=O) groups is 1. The van der Waals surface area contributed by atoms with E-state index in [0.29, 0.717) is 36.7 Å². The van der Waals surface area contributed by atoms with Crippen LogP contribution < -0.4 is 10.5 Å². The van der Waals surface area contributed by atoms with Crippen LogP contribution in [0.25, 0.3) is 0 Å². The van der Waals surface area contributed by atoms with Crippen LogP contribution in [0.5, 0.6) is 5.75 Å². The van der Waals surface area contributed by atoms with Crippen molar-refractivity contribution in [3.63, 3.8) is 0 Å². The summed E-state index contributed by atoms with van der Waals surface area (Å²) in [6.45, 7) is 5.27. The van der Waals surface area contributed by atoms with Crippen LogP contribution in [0.1, 0.15) is 30.6 Å². The summed E-state index contributed by atoms with van der Waals surface area (Å²) in [5.74, 6) is 0.454. The second kappa shape index (κ2) is 7.63. The molecule has 0 spiro atoms. The summed E-state index contributed by atoms with van der Waals surface area (Å²) in [4.78, 5) is 14.0. The first kappa shape index (κ1) is 15.3. The van der Waals surface area contributed by atoms with Crippen LogP contribution in [-0.4, -0.2) is 42.2 Å². The van der Waals surface area contributed by atoms with E-state index in [0.717, 1.165) is 6.42 Å². The maximum absolute atomic E-state index is 12.3. The molecule has 106 valence electrons. The number of aliphatic hydroxyl groups excluding tert-OH is 1. The highest BCUT2D eigenvalue weighted by molar-refractivity contribution is 5.95. The average Bonchev–Trinajstić information content (AvgIpc) is 2.37. The molecule has 0 aromatic heterocycles. The Hall–Kier alpha value is -1.75. The van der Waals surface area contributed by atoms with Crippen molar-refractivity contribution < 1.29 is 14.6 Å². The molecule has 0 saturated carbocycles. The lowest BCUT2D eigenvalue weighted by molar-refractivity contribution is 0.0721. The second-order valence-corrected chi connectivity index (χ2v) is 4.24. The van der Waals surface area contributed by atoms with E-state index in [4.69, 9.17) is 15.6 Å². The molecular weight excluding hydrogens is 244 g/mol. The standard InChI is InChI=1S/C14H22N2O3/c1-3-5-16(6-7-17)14(18)11-8-12(15)10-13(9-11)19-4-2/h8-10,17H,3-7,15H2,1-2H3. The Morgan fingerprint density at radius 1 is 1.32 bits per heavy atom. The zero-order valence-electron chi connectivity index (χ0n) is 11.6. The summed E-state index contributed by atoms with van der Waals surface area (Å²) in [6, 6.07) is 5.00. The average molecular weight is 266 g/mol. The Balaban J connectivity index is 2.95. The fourth-order valence-corrected chi connectivity index (χ4v) is 1.88. The van der Waals surface area contributed by atoms with E-state index in [1.54, 1.807) is 23.1 Å². The van der Waals surface area contributed by atoms with Crippen molar-refractivity contribution in [2.45, 2.75) is 20.3 Å². The van der Waals surface area contributed by atoms with Crippen molar-refractivity contribution in [3.05, 3.63) is 23.8 Å². The van der Waals surface area contributed by atoms with Gasteiger partial charge >= 0.3 is 0 Å². The van der Waals surface area contributed by atoms with Crippen molar-refractivity contribution in [2.24, 2.45) is 0 Å². The van der Waals surface area contributed by atoms with Gasteiger partial charge in [-0.2, -0.15) is 0 Å². The van der Waals surface area contributed by atoms with Crippen LogP contribution in [0.3, 0.4) is 0 Å². The molecule has 1 amide bonds. The fourth-order valence-electron chi connectivity index (χ4n) is 1.88. The van der Waals surface area contributed by atoms with Crippen molar-refractivity contribution in [1.29, 1.82) is 0 Å². The van der Waals surface area contributed by atoms with Gasteiger partial charge in [-0.15, -0.1) is 0 Å². The lowest BCUT2D eigenvalue weighted by Crippen LogP contribution is -2.34. The molecular formula is C14H22N2O3. The monoisotopic (exact) mass is 266 g/mol. The smallest absolute Gasteiger partial charge is 0.254 e. The largest absolute Gasteiger partial charge is 0.494 e. The number of amides is 1. The minimum absolute atomic E-state index is 0.0492. The van der Waals surface area contributed by atoms with Crippen LogP contribution in [0, 0.1) is 0 Å². The van der Waals surface area contributed by atoms with Gasteiger partial charge in [0.15, 0.2) is 0 Å². The lowest BCUT2D eigenvalue weighted by atomic mass is 10.1. The van der Waals surface area contributed by atoms with Gasteiger partial charge in [0.1, 0.15) is 5.75 Å². The SMILES string of the molecule is CCCN(CCO)C(=O)c1cc(N)cc(OCC)c1. The molecule has 3 N–H and O–H groups in total. The van der Waals surface area contributed by atoms with Gasteiger partial charge in [-0.1, -0.05) is 6.92 Å². The van der Waals surface area contributed by atoms with Gasteiger partial charge < -0.3 is 20.5 Å². The van der Waals surface area contributed by atoms with Crippen LogP contribution in [0.4, 0.5) is 5.69 Å². The zero-order chi connectivity index (χ0) is 14.3. The number of benzene rings is 1. The third-order valence-corrected chi connectivity index (χ3v) is 2.64. The van der Waals surface area contributed by atoms with Gasteiger partial charge in [0.05, 0.1) is 13.2 Å². The van der Waals surface area contributed by atoms with Crippen LogP contribution >= 0.6 is 0 Å². The van der Waals surface area contributed by atoms with Gasteiger partial charge in [0, 0.05) is 30.4 Å². The molecule has 0 aliphatic rings. The quantitative estimate of drug-likeness (QED) is 0.734. The fraction of sp³-hybridized carbons (Fsp3) is 0.500. The summed E-state index contributed by atoms with van der Waals surface area (Å²) in [5.41, 5.74) is 6.76. The third kappa shape index (κ3) is 4.44. The van der Waals surface area contributed by atoms with E-state index < -0.39 is 0 Å². The molecule has 5 heteroatoms. The van der Waals surface area contributed by atoms with E-state index >= 15 is 0 Å². The molecule has 1 rings (SSSR count). The van der Waals surface area contributed by atoms with E-state index in [1.165, 1.54) is 0 Å². The number of nitrogens with zero attached hydrogens (tertiary/aromatic N) is 1. The second-order valence-electron chi connectivity index (χ2n) is 4.24. The van der Waals surface area contributed by atoms with Crippen molar-refractivity contribution >= 4 is 11.6 Å². The zero-order valence-corrected chi connectivity index (χ0v) is 11.6. The molecule has 1 aromatic carbocycles. The highest BCUT2D eigenvalue weighted by Gasteiger charge is 2.15. The van der Waals surface area contributed by atoms with Gasteiger partial charge in [-0.3, -0.25) is 4.79 Å². The summed E-state index contributed by atoms with van der Waals surface area (Å²) in [5, 5.41) is 9.01. The Kier molecular flexibility index (Phi) is 6.15. The van der Waals surface area contributed by atoms with E-state index in [1.807, 2.05) is 13.8 Å².